The number of aryl methyl sites for hydroxylation is 1. The largest absolute Gasteiger partial charge is 0.477 e. The van der Waals surface area contributed by atoms with Gasteiger partial charge in [-0.15, -0.1) is 12.4 Å². The van der Waals surface area contributed by atoms with E-state index in [-0.39, 0.29) is 18.1 Å². The standard InChI is InChI=1S/C11H9N3O2.ClH/c1-7-3-4-8(14-9(7)11(15)16)10-12-5-2-6-13-10;/h2-6H,1H3,(H,15,16);1H. The van der Waals surface area contributed by atoms with Crippen LogP contribution in [0.25, 0.3) is 11.5 Å². The average molecular weight is 252 g/mol. The summed E-state index contributed by atoms with van der Waals surface area (Å²) < 4.78 is 0. The number of carbonyl (C=O) groups is 1. The van der Waals surface area contributed by atoms with Gasteiger partial charge in [0.25, 0.3) is 0 Å². The summed E-state index contributed by atoms with van der Waals surface area (Å²) in [4.78, 5) is 22.9. The van der Waals surface area contributed by atoms with Crippen LogP contribution in [0.4, 0.5) is 0 Å². The van der Waals surface area contributed by atoms with Crippen molar-refractivity contribution in [3.8, 4) is 11.5 Å². The van der Waals surface area contributed by atoms with E-state index in [1.807, 2.05) is 0 Å². The van der Waals surface area contributed by atoms with Crippen molar-refractivity contribution >= 4 is 18.4 Å². The summed E-state index contributed by atoms with van der Waals surface area (Å²) in [5, 5.41) is 8.93. The molecule has 2 heterocycles. The first-order chi connectivity index (χ1) is 7.68. The van der Waals surface area contributed by atoms with Crippen molar-refractivity contribution in [1.82, 2.24) is 15.0 Å². The van der Waals surface area contributed by atoms with Crippen molar-refractivity contribution in [1.29, 1.82) is 0 Å². The second kappa shape index (κ2) is 5.36. The molecule has 0 radical (unpaired) electrons. The number of hydrogen-bond acceptors (Lipinski definition) is 4. The zero-order chi connectivity index (χ0) is 11.5. The van der Waals surface area contributed by atoms with Crippen LogP contribution in [0.2, 0.25) is 0 Å². The highest BCUT2D eigenvalue weighted by atomic mass is 35.5. The van der Waals surface area contributed by atoms with Crippen LogP contribution in [0.3, 0.4) is 0 Å². The molecule has 0 spiro atoms. The van der Waals surface area contributed by atoms with Crippen LogP contribution in [0.5, 0.6) is 0 Å². The number of carboxylic acids is 1. The number of rotatable bonds is 2. The average Bonchev–Trinajstić information content (AvgIpc) is 2.30. The maximum absolute atomic E-state index is 10.9. The van der Waals surface area contributed by atoms with Gasteiger partial charge in [-0.25, -0.2) is 19.7 Å². The first kappa shape index (κ1) is 13.1. The van der Waals surface area contributed by atoms with Gasteiger partial charge in [0.2, 0.25) is 0 Å². The summed E-state index contributed by atoms with van der Waals surface area (Å²) in [5.74, 6) is -0.625. The third kappa shape index (κ3) is 2.76. The van der Waals surface area contributed by atoms with Crippen molar-refractivity contribution in [2.75, 3.05) is 0 Å². The number of nitrogens with zero attached hydrogens (tertiary/aromatic N) is 3. The van der Waals surface area contributed by atoms with E-state index in [9.17, 15) is 4.79 Å². The maximum atomic E-state index is 10.9. The normalized spacial score (nSPS) is 9.47. The molecule has 6 heteroatoms. The summed E-state index contributed by atoms with van der Waals surface area (Å²) >= 11 is 0. The Hall–Kier alpha value is -2.01. The predicted octanol–water partition coefficient (Wildman–Crippen LogP) is 1.97. The van der Waals surface area contributed by atoms with Crippen LogP contribution >= 0.6 is 12.4 Å². The van der Waals surface area contributed by atoms with Gasteiger partial charge in [-0.05, 0) is 24.6 Å². The van der Waals surface area contributed by atoms with Gasteiger partial charge >= 0.3 is 5.97 Å². The van der Waals surface area contributed by atoms with E-state index in [1.54, 1.807) is 37.5 Å². The van der Waals surface area contributed by atoms with E-state index < -0.39 is 5.97 Å². The fourth-order valence-electron chi connectivity index (χ4n) is 1.30. The molecule has 0 saturated heterocycles. The maximum Gasteiger partial charge on any atom is 0.354 e. The molecule has 0 aliphatic heterocycles. The van der Waals surface area contributed by atoms with E-state index in [1.165, 1.54) is 0 Å². The number of halogens is 1. The summed E-state index contributed by atoms with van der Waals surface area (Å²) in [6.45, 7) is 1.70. The molecule has 0 amide bonds. The lowest BCUT2D eigenvalue weighted by Gasteiger charge is -2.02. The molecule has 5 nitrogen and oxygen atoms in total. The monoisotopic (exact) mass is 251 g/mol. The van der Waals surface area contributed by atoms with Gasteiger partial charge in [0.15, 0.2) is 11.5 Å². The molecule has 88 valence electrons. The third-order valence-electron chi connectivity index (χ3n) is 2.09. The molecule has 2 aromatic heterocycles. The second-order valence-electron chi connectivity index (χ2n) is 3.24. The van der Waals surface area contributed by atoms with E-state index in [2.05, 4.69) is 15.0 Å². The van der Waals surface area contributed by atoms with Crippen LogP contribution in [0.15, 0.2) is 30.6 Å². The van der Waals surface area contributed by atoms with Crippen molar-refractivity contribution in [3.05, 3.63) is 41.9 Å². The molecule has 2 rings (SSSR count). The minimum absolute atomic E-state index is 0. The quantitative estimate of drug-likeness (QED) is 0.883. The molecular formula is C11H10ClN3O2. The van der Waals surface area contributed by atoms with Crippen molar-refractivity contribution in [3.63, 3.8) is 0 Å². The van der Waals surface area contributed by atoms with Gasteiger partial charge in [-0.2, -0.15) is 0 Å². The van der Waals surface area contributed by atoms with Crippen molar-refractivity contribution < 1.29 is 9.90 Å². The topological polar surface area (TPSA) is 76.0 Å². The number of carboxylic acid groups (broad SMARTS) is 1. The highest BCUT2D eigenvalue weighted by Crippen LogP contribution is 2.14. The molecule has 2 aromatic rings. The van der Waals surface area contributed by atoms with Gasteiger partial charge in [0.1, 0.15) is 5.69 Å². The lowest BCUT2D eigenvalue weighted by atomic mass is 10.2. The molecular weight excluding hydrogens is 242 g/mol. The van der Waals surface area contributed by atoms with Crippen LogP contribution in [-0.4, -0.2) is 26.0 Å². The lowest BCUT2D eigenvalue weighted by Crippen LogP contribution is -2.04. The zero-order valence-corrected chi connectivity index (χ0v) is 9.81. The molecule has 1 N–H and O–H groups in total. The number of aromatic carboxylic acids is 1. The van der Waals surface area contributed by atoms with Gasteiger partial charge in [0, 0.05) is 12.4 Å². The lowest BCUT2D eigenvalue weighted by molar-refractivity contribution is 0.0690. The molecule has 17 heavy (non-hydrogen) atoms. The van der Waals surface area contributed by atoms with E-state index in [4.69, 9.17) is 5.11 Å². The Morgan fingerprint density at radius 1 is 1.24 bits per heavy atom. The molecule has 0 atom stereocenters. The van der Waals surface area contributed by atoms with E-state index >= 15 is 0 Å². The summed E-state index contributed by atoms with van der Waals surface area (Å²) in [6, 6.07) is 5.09. The summed E-state index contributed by atoms with van der Waals surface area (Å²) in [6.07, 6.45) is 3.18. The first-order valence-electron chi connectivity index (χ1n) is 4.67. The van der Waals surface area contributed by atoms with Crippen molar-refractivity contribution in [2.45, 2.75) is 6.92 Å². The number of aromatic nitrogens is 3. The molecule has 0 bridgehead atoms. The highest BCUT2D eigenvalue weighted by molar-refractivity contribution is 5.87. The minimum atomic E-state index is -1.05. The Morgan fingerprint density at radius 2 is 1.88 bits per heavy atom. The van der Waals surface area contributed by atoms with Crippen LogP contribution in [0.1, 0.15) is 16.1 Å². The Balaban J connectivity index is 0.00000144. The first-order valence-corrected chi connectivity index (χ1v) is 4.67. The zero-order valence-electron chi connectivity index (χ0n) is 8.99. The molecule has 0 saturated carbocycles. The molecule has 0 unspecified atom stereocenters. The molecule has 0 aliphatic carbocycles. The Bertz CT molecular complexity index is 531. The fraction of sp³-hybridized carbons (Fsp3) is 0.0909. The van der Waals surface area contributed by atoms with E-state index in [0.717, 1.165) is 0 Å². The number of pyridine rings is 1. The fourth-order valence-corrected chi connectivity index (χ4v) is 1.30. The van der Waals surface area contributed by atoms with E-state index in [0.29, 0.717) is 17.1 Å². The Kier molecular flexibility index (Phi) is 4.12. The summed E-state index contributed by atoms with van der Waals surface area (Å²) in [7, 11) is 0. The molecule has 0 aliphatic rings. The van der Waals surface area contributed by atoms with Crippen LogP contribution in [0, 0.1) is 6.92 Å². The van der Waals surface area contributed by atoms with Gasteiger partial charge in [-0.3, -0.25) is 0 Å². The number of hydrogen-bond donors (Lipinski definition) is 1. The van der Waals surface area contributed by atoms with Gasteiger partial charge < -0.3 is 5.11 Å². The Morgan fingerprint density at radius 3 is 2.47 bits per heavy atom. The smallest absolute Gasteiger partial charge is 0.354 e. The molecule has 0 fully saturated rings. The minimum Gasteiger partial charge on any atom is -0.477 e. The van der Waals surface area contributed by atoms with Crippen LogP contribution in [-0.2, 0) is 0 Å². The highest BCUT2D eigenvalue weighted by Gasteiger charge is 2.11. The van der Waals surface area contributed by atoms with Gasteiger partial charge in [0.05, 0.1) is 0 Å². The van der Waals surface area contributed by atoms with Crippen molar-refractivity contribution in [2.24, 2.45) is 0 Å². The van der Waals surface area contributed by atoms with Crippen LogP contribution < -0.4 is 0 Å². The predicted molar refractivity (Wildman–Crippen MR) is 64.2 cm³/mol. The third-order valence-corrected chi connectivity index (χ3v) is 2.09. The summed E-state index contributed by atoms with van der Waals surface area (Å²) in [5.41, 5.74) is 1.11. The second-order valence-corrected chi connectivity index (χ2v) is 3.24. The Labute approximate surface area is 104 Å². The molecule has 0 aromatic carbocycles. The van der Waals surface area contributed by atoms with Gasteiger partial charge in [-0.1, -0.05) is 6.07 Å². The SMILES string of the molecule is Cc1ccc(-c2ncccn2)nc1C(=O)O.Cl.